The van der Waals surface area contributed by atoms with E-state index >= 15 is 0 Å². The van der Waals surface area contributed by atoms with Crippen LogP contribution < -0.4 is 5.32 Å². The third kappa shape index (κ3) is 2.71. The molecule has 0 saturated carbocycles. The number of fused-ring (bicyclic) bond motifs is 2. The zero-order valence-corrected chi connectivity index (χ0v) is 9.78. The molecule has 2 N–H and O–H groups in total. The van der Waals surface area contributed by atoms with Crippen LogP contribution in [0.3, 0.4) is 0 Å². The van der Waals surface area contributed by atoms with E-state index in [-0.39, 0.29) is 0 Å². The van der Waals surface area contributed by atoms with Crippen LogP contribution in [0.4, 0.5) is 0 Å². The van der Waals surface area contributed by atoms with Crippen molar-refractivity contribution in [2.45, 2.75) is 57.2 Å². The van der Waals surface area contributed by atoms with Crippen LogP contribution in [0.15, 0.2) is 0 Å². The third-order valence-electron chi connectivity index (χ3n) is 3.86. The summed E-state index contributed by atoms with van der Waals surface area (Å²) in [6.45, 7) is 4.53. The van der Waals surface area contributed by atoms with Gasteiger partial charge >= 0.3 is 0 Å². The third-order valence-corrected chi connectivity index (χ3v) is 3.86. The van der Waals surface area contributed by atoms with E-state index in [0.717, 1.165) is 31.2 Å². The Hall–Kier alpha value is -0.120. The van der Waals surface area contributed by atoms with Gasteiger partial charge in [-0.3, -0.25) is 4.90 Å². The van der Waals surface area contributed by atoms with Crippen LogP contribution in [0.2, 0.25) is 0 Å². The molecule has 0 spiro atoms. The van der Waals surface area contributed by atoms with Gasteiger partial charge in [-0.25, -0.2) is 0 Å². The van der Waals surface area contributed by atoms with Gasteiger partial charge in [0.1, 0.15) is 0 Å². The average molecular weight is 212 g/mol. The number of aliphatic hydroxyl groups excluding tert-OH is 1. The number of nitrogens with zero attached hydrogens (tertiary/aromatic N) is 1. The molecule has 2 aliphatic rings. The van der Waals surface area contributed by atoms with Crippen molar-refractivity contribution in [3.05, 3.63) is 0 Å². The lowest BCUT2D eigenvalue weighted by Crippen LogP contribution is -2.49. The van der Waals surface area contributed by atoms with Gasteiger partial charge in [0.15, 0.2) is 0 Å². The minimum Gasteiger partial charge on any atom is -0.395 e. The Balaban J connectivity index is 1.89. The summed E-state index contributed by atoms with van der Waals surface area (Å²) in [6.07, 6.45) is 6.49. The molecule has 88 valence electrons. The largest absolute Gasteiger partial charge is 0.395 e. The summed E-state index contributed by atoms with van der Waals surface area (Å²) in [7, 11) is 0. The molecule has 0 aromatic rings. The second-order valence-electron chi connectivity index (χ2n) is 5.02. The fraction of sp³-hybridized carbons (Fsp3) is 1.00. The van der Waals surface area contributed by atoms with E-state index < -0.39 is 0 Å². The highest BCUT2D eigenvalue weighted by molar-refractivity contribution is 4.95. The number of piperidine rings is 1. The van der Waals surface area contributed by atoms with Gasteiger partial charge in [0, 0.05) is 24.7 Å². The van der Waals surface area contributed by atoms with Gasteiger partial charge in [0.05, 0.1) is 6.61 Å². The van der Waals surface area contributed by atoms with Gasteiger partial charge in [0.2, 0.25) is 0 Å². The standard InChI is InChI=1S/C12H24N2O/c1-2-5-14(6-7-15)12-8-10-3-4-11(9-12)13-10/h10-13,15H,2-9H2,1H3. The Bertz CT molecular complexity index is 180. The second kappa shape index (κ2) is 5.28. The quantitative estimate of drug-likeness (QED) is 0.713. The number of nitrogens with one attached hydrogen (secondary N) is 1. The maximum atomic E-state index is 9.08. The van der Waals surface area contributed by atoms with Crippen molar-refractivity contribution in [2.24, 2.45) is 0 Å². The van der Waals surface area contributed by atoms with E-state index in [1.165, 1.54) is 32.1 Å². The second-order valence-corrected chi connectivity index (χ2v) is 5.02. The molecule has 3 heteroatoms. The SMILES string of the molecule is CCCN(CCO)C1CC2CCC(C1)N2. The lowest BCUT2D eigenvalue weighted by Gasteiger charge is -2.37. The van der Waals surface area contributed by atoms with Crippen LogP contribution in [0.1, 0.15) is 39.0 Å². The molecular weight excluding hydrogens is 188 g/mol. The van der Waals surface area contributed by atoms with Crippen LogP contribution in [0.25, 0.3) is 0 Å². The van der Waals surface area contributed by atoms with E-state index in [9.17, 15) is 0 Å². The summed E-state index contributed by atoms with van der Waals surface area (Å²) in [5.74, 6) is 0. The van der Waals surface area contributed by atoms with Crippen molar-refractivity contribution in [3.63, 3.8) is 0 Å². The summed E-state index contributed by atoms with van der Waals surface area (Å²) in [4.78, 5) is 2.49. The van der Waals surface area contributed by atoms with Gasteiger partial charge in [-0.05, 0) is 38.6 Å². The Labute approximate surface area is 92.8 Å². The summed E-state index contributed by atoms with van der Waals surface area (Å²) in [5, 5.41) is 12.8. The molecule has 2 atom stereocenters. The normalized spacial score (nSPS) is 35.0. The minimum atomic E-state index is 0.305. The molecule has 2 bridgehead atoms. The molecule has 2 rings (SSSR count). The molecule has 2 saturated heterocycles. The Morgan fingerprint density at radius 2 is 1.87 bits per heavy atom. The minimum absolute atomic E-state index is 0.305. The molecule has 2 heterocycles. The molecule has 0 aromatic heterocycles. The first kappa shape index (κ1) is 11.4. The highest BCUT2D eigenvalue weighted by Crippen LogP contribution is 2.29. The van der Waals surface area contributed by atoms with E-state index in [2.05, 4.69) is 17.1 Å². The van der Waals surface area contributed by atoms with Crippen LogP contribution >= 0.6 is 0 Å². The van der Waals surface area contributed by atoms with Crippen molar-refractivity contribution < 1.29 is 5.11 Å². The van der Waals surface area contributed by atoms with Gasteiger partial charge in [-0.1, -0.05) is 6.92 Å². The van der Waals surface area contributed by atoms with Crippen LogP contribution in [-0.4, -0.2) is 47.8 Å². The Kier molecular flexibility index (Phi) is 4.00. The highest BCUT2D eigenvalue weighted by Gasteiger charge is 2.35. The van der Waals surface area contributed by atoms with Gasteiger partial charge in [-0.15, -0.1) is 0 Å². The molecule has 2 aliphatic heterocycles. The predicted molar refractivity (Wildman–Crippen MR) is 61.9 cm³/mol. The van der Waals surface area contributed by atoms with E-state index in [0.29, 0.717) is 6.61 Å². The summed E-state index contributed by atoms with van der Waals surface area (Å²) in [5.41, 5.74) is 0. The molecule has 0 amide bonds. The first-order valence-corrected chi connectivity index (χ1v) is 6.44. The van der Waals surface area contributed by atoms with Gasteiger partial charge in [0.25, 0.3) is 0 Å². The lowest BCUT2D eigenvalue weighted by molar-refractivity contribution is 0.114. The molecule has 15 heavy (non-hydrogen) atoms. The monoisotopic (exact) mass is 212 g/mol. The van der Waals surface area contributed by atoms with Crippen molar-refractivity contribution in [2.75, 3.05) is 19.7 Å². The number of rotatable bonds is 5. The first-order valence-electron chi connectivity index (χ1n) is 6.44. The molecule has 3 nitrogen and oxygen atoms in total. The molecule has 2 fully saturated rings. The molecular formula is C12H24N2O. The summed E-state index contributed by atoms with van der Waals surface area (Å²) >= 11 is 0. The van der Waals surface area contributed by atoms with E-state index in [1.54, 1.807) is 0 Å². The van der Waals surface area contributed by atoms with Crippen LogP contribution in [-0.2, 0) is 0 Å². The van der Waals surface area contributed by atoms with E-state index in [4.69, 9.17) is 5.11 Å². The number of hydrogen-bond donors (Lipinski definition) is 2. The fourth-order valence-corrected chi connectivity index (χ4v) is 3.22. The fourth-order valence-electron chi connectivity index (χ4n) is 3.22. The van der Waals surface area contributed by atoms with Gasteiger partial charge in [-0.2, -0.15) is 0 Å². The maximum Gasteiger partial charge on any atom is 0.0558 e. The predicted octanol–water partition coefficient (Wildman–Crippen LogP) is 0.974. The van der Waals surface area contributed by atoms with E-state index in [1.807, 2.05) is 0 Å². The topological polar surface area (TPSA) is 35.5 Å². The van der Waals surface area contributed by atoms with Crippen molar-refractivity contribution in [3.8, 4) is 0 Å². The number of hydrogen-bond acceptors (Lipinski definition) is 3. The van der Waals surface area contributed by atoms with Crippen molar-refractivity contribution >= 4 is 0 Å². The zero-order chi connectivity index (χ0) is 10.7. The first-order chi connectivity index (χ1) is 7.33. The number of aliphatic hydroxyl groups is 1. The van der Waals surface area contributed by atoms with Crippen LogP contribution in [0.5, 0.6) is 0 Å². The zero-order valence-electron chi connectivity index (χ0n) is 9.78. The smallest absolute Gasteiger partial charge is 0.0558 e. The summed E-state index contributed by atoms with van der Waals surface area (Å²) in [6, 6.07) is 2.23. The Morgan fingerprint density at radius 3 is 2.40 bits per heavy atom. The average Bonchev–Trinajstić information content (AvgIpc) is 2.57. The van der Waals surface area contributed by atoms with Crippen LogP contribution in [0, 0.1) is 0 Å². The molecule has 0 radical (unpaired) electrons. The molecule has 0 aromatic carbocycles. The molecule has 2 unspecified atom stereocenters. The van der Waals surface area contributed by atoms with Crippen molar-refractivity contribution in [1.29, 1.82) is 0 Å². The maximum absolute atomic E-state index is 9.08. The summed E-state index contributed by atoms with van der Waals surface area (Å²) < 4.78 is 0. The molecule has 0 aliphatic carbocycles. The highest BCUT2D eigenvalue weighted by atomic mass is 16.3. The Morgan fingerprint density at radius 1 is 1.20 bits per heavy atom. The van der Waals surface area contributed by atoms with Crippen molar-refractivity contribution in [1.82, 2.24) is 10.2 Å². The lowest BCUT2D eigenvalue weighted by atomic mass is 9.98. The van der Waals surface area contributed by atoms with Gasteiger partial charge < -0.3 is 10.4 Å².